The highest BCUT2D eigenvalue weighted by Gasteiger charge is 2.35. The summed E-state index contributed by atoms with van der Waals surface area (Å²) >= 11 is 0. The van der Waals surface area contributed by atoms with E-state index in [1.54, 1.807) is 7.11 Å². The summed E-state index contributed by atoms with van der Waals surface area (Å²) in [6.45, 7) is 0. The molecule has 1 aromatic rings. The van der Waals surface area contributed by atoms with Gasteiger partial charge in [-0.15, -0.1) is 0 Å². The van der Waals surface area contributed by atoms with Crippen molar-refractivity contribution in [3.63, 3.8) is 0 Å². The first-order valence-electron chi connectivity index (χ1n) is 5.98. The molecule has 5 heteroatoms. The average molecular weight is 269 g/mol. The first-order chi connectivity index (χ1) is 8.34. The minimum Gasteiger partial charge on any atom is -0.497 e. The number of fused-ring (bicyclic) bond motifs is 1. The average Bonchev–Trinajstić information content (AvgIpc) is 2.64. The third-order valence-electron chi connectivity index (χ3n) is 3.61. The monoisotopic (exact) mass is 269 g/mol. The molecular formula is C13H19NO3S. The maximum absolute atomic E-state index is 11.3. The van der Waals surface area contributed by atoms with Crippen LogP contribution in [0.25, 0.3) is 0 Å². The van der Waals surface area contributed by atoms with E-state index in [0.717, 1.165) is 24.2 Å². The third-order valence-corrected chi connectivity index (χ3v) is 4.56. The molecule has 0 saturated carbocycles. The van der Waals surface area contributed by atoms with Crippen molar-refractivity contribution in [2.45, 2.75) is 24.8 Å². The second kappa shape index (κ2) is 4.55. The van der Waals surface area contributed by atoms with Gasteiger partial charge >= 0.3 is 0 Å². The molecule has 4 nitrogen and oxygen atoms in total. The van der Waals surface area contributed by atoms with Crippen LogP contribution in [0.3, 0.4) is 0 Å². The van der Waals surface area contributed by atoms with Gasteiger partial charge in [0.05, 0.1) is 12.9 Å². The van der Waals surface area contributed by atoms with Crippen LogP contribution in [0.15, 0.2) is 18.2 Å². The molecule has 0 fully saturated rings. The predicted octanol–water partition coefficient (Wildman–Crippen LogP) is 1.23. The molecule has 18 heavy (non-hydrogen) atoms. The molecule has 100 valence electrons. The lowest BCUT2D eigenvalue weighted by molar-refractivity contribution is 0.404. The molecule has 0 saturated heterocycles. The Bertz CT molecular complexity index is 553. The van der Waals surface area contributed by atoms with E-state index >= 15 is 0 Å². The second-order valence-electron chi connectivity index (χ2n) is 5.06. The minimum atomic E-state index is -2.98. The number of hydrogen-bond donors (Lipinski definition) is 1. The quantitative estimate of drug-likeness (QED) is 0.892. The van der Waals surface area contributed by atoms with E-state index in [1.165, 1.54) is 11.8 Å². The van der Waals surface area contributed by atoms with Gasteiger partial charge in [0.25, 0.3) is 0 Å². The fourth-order valence-corrected chi connectivity index (χ4v) is 3.22. The van der Waals surface area contributed by atoms with Crippen molar-refractivity contribution in [1.29, 1.82) is 0 Å². The lowest BCUT2D eigenvalue weighted by Crippen LogP contribution is -2.36. The van der Waals surface area contributed by atoms with E-state index in [4.69, 9.17) is 10.5 Å². The molecule has 1 aromatic carbocycles. The summed E-state index contributed by atoms with van der Waals surface area (Å²) in [5.41, 5.74) is 8.08. The molecule has 0 bridgehead atoms. The molecule has 0 aliphatic heterocycles. The van der Waals surface area contributed by atoms with Crippen LogP contribution in [0, 0.1) is 0 Å². The van der Waals surface area contributed by atoms with Gasteiger partial charge in [-0.3, -0.25) is 0 Å². The molecular weight excluding hydrogens is 250 g/mol. The van der Waals surface area contributed by atoms with Crippen molar-refractivity contribution in [2.75, 3.05) is 19.1 Å². The number of nitrogens with two attached hydrogens (primary N) is 1. The maximum Gasteiger partial charge on any atom is 0.147 e. The highest BCUT2D eigenvalue weighted by molar-refractivity contribution is 7.90. The predicted molar refractivity (Wildman–Crippen MR) is 71.5 cm³/mol. The first-order valence-corrected chi connectivity index (χ1v) is 8.04. The van der Waals surface area contributed by atoms with Crippen LogP contribution in [0.2, 0.25) is 0 Å². The molecule has 0 heterocycles. The van der Waals surface area contributed by atoms with Crippen LogP contribution in [0.1, 0.15) is 24.0 Å². The number of hydrogen-bond acceptors (Lipinski definition) is 4. The third kappa shape index (κ3) is 2.67. The maximum atomic E-state index is 11.3. The van der Waals surface area contributed by atoms with Gasteiger partial charge in [0.15, 0.2) is 0 Å². The highest BCUT2D eigenvalue weighted by atomic mass is 32.2. The van der Waals surface area contributed by atoms with Crippen molar-refractivity contribution < 1.29 is 13.2 Å². The van der Waals surface area contributed by atoms with Gasteiger partial charge in [0.2, 0.25) is 0 Å². The van der Waals surface area contributed by atoms with Crippen molar-refractivity contribution in [1.82, 2.24) is 0 Å². The SMILES string of the molecule is COc1ccc2c(c1)C(N)(CCS(C)(=O)=O)CC2. The van der Waals surface area contributed by atoms with E-state index in [0.29, 0.717) is 6.42 Å². The van der Waals surface area contributed by atoms with Gasteiger partial charge in [-0.1, -0.05) is 6.07 Å². The van der Waals surface area contributed by atoms with Gasteiger partial charge in [-0.25, -0.2) is 8.42 Å². The second-order valence-corrected chi connectivity index (χ2v) is 7.32. The lowest BCUT2D eigenvalue weighted by Gasteiger charge is -2.25. The van der Waals surface area contributed by atoms with Crippen LogP contribution < -0.4 is 10.5 Å². The number of ether oxygens (including phenoxy) is 1. The lowest BCUT2D eigenvalue weighted by atomic mass is 9.90. The Kier molecular flexibility index (Phi) is 3.38. The molecule has 0 amide bonds. The van der Waals surface area contributed by atoms with Gasteiger partial charge in [0, 0.05) is 11.8 Å². The molecule has 0 radical (unpaired) electrons. The Morgan fingerprint density at radius 2 is 2.17 bits per heavy atom. The van der Waals surface area contributed by atoms with Crippen molar-refractivity contribution in [3.05, 3.63) is 29.3 Å². The number of benzene rings is 1. The van der Waals surface area contributed by atoms with Gasteiger partial charge in [0.1, 0.15) is 15.6 Å². The van der Waals surface area contributed by atoms with Crippen LogP contribution >= 0.6 is 0 Å². The fraction of sp³-hybridized carbons (Fsp3) is 0.538. The topological polar surface area (TPSA) is 69.4 Å². The van der Waals surface area contributed by atoms with Crippen molar-refractivity contribution >= 4 is 9.84 Å². The molecule has 1 aliphatic carbocycles. The number of rotatable bonds is 4. The number of aryl methyl sites for hydroxylation is 1. The van der Waals surface area contributed by atoms with E-state index < -0.39 is 15.4 Å². The molecule has 2 rings (SSSR count). The molecule has 0 aromatic heterocycles. The Hall–Kier alpha value is -1.07. The summed E-state index contributed by atoms with van der Waals surface area (Å²) in [7, 11) is -1.36. The van der Waals surface area contributed by atoms with E-state index in [9.17, 15) is 8.42 Å². The smallest absolute Gasteiger partial charge is 0.147 e. The van der Waals surface area contributed by atoms with Gasteiger partial charge in [-0.05, 0) is 42.5 Å². The Morgan fingerprint density at radius 3 is 2.78 bits per heavy atom. The molecule has 1 aliphatic rings. The van der Waals surface area contributed by atoms with Gasteiger partial charge < -0.3 is 10.5 Å². The summed E-state index contributed by atoms with van der Waals surface area (Å²) in [5, 5.41) is 0. The summed E-state index contributed by atoms with van der Waals surface area (Å²) < 4.78 is 27.8. The minimum absolute atomic E-state index is 0.125. The standard InChI is InChI=1S/C13H19NO3S/c1-17-11-4-3-10-5-6-13(14,12(10)9-11)7-8-18(2,15)16/h3-4,9H,5-8,14H2,1-2H3. The number of methoxy groups -OCH3 is 1. The van der Waals surface area contributed by atoms with Gasteiger partial charge in [-0.2, -0.15) is 0 Å². The molecule has 2 N–H and O–H groups in total. The molecule has 0 spiro atoms. The zero-order valence-corrected chi connectivity index (χ0v) is 11.6. The molecule has 1 atom stereocenters. The fourth-order valence-electron chi connectivity index (χ4n) is 2.48. The Balaban J connectivity index is 2.28. The largest absolute Gasteiger partial charge is 0.497 e. The van der Waals surface area contributed by atoms with Crippen LogP contribution in [0.4, 0.5) is 0 Å². The van der Waals surface area contributed by atoms with Crippen LogP contribution in [-0.2, 0) is 21.8 Å². The van der Waals surface area contributed by atoms with Crippen molar-refractivity contribution in [2.24, 2.45) is 5.73 Å². The number of sulfone groups is 1. The van der Waals surface area contributed by atoms with Crippen LogP contribution in [-0.4, -0.2) is 27.5 Å². The zero-order chi connectivity index (χ0) is 13.4. The highest BCUT2D eigenvalue weighted by Crippen LogP contribution is 2.39. The summed E-state index contributed by atoms with van der Waals surface area (Å²) in [6.07, 6.45) is 3.41. The summed E-state index contributed by atoms with van der Waals surface area (Å²) in [6, 6.07) is 5.87. The molecule has 1 unspecified atom stereocenters. The summed E-state index contributed by atoms with van der Waals surface area (Å²) in [4.78, 5) is 0. The van der Waals surface area contributed by atoms with E-state index in [-0.39, 0.29) is 5.75 Å². The van der Waals surface area contributed by atoms with Crippen molar-refractivity contribution in [3.8, 4) is 5.75 Å². The van der Waals surface area contributed by atoms with E-state index in [1.807, 2.05) is 18.2 Å². The normalized spacial score (nSPS) is 22.8. The Labute approximate surface area is 108 Å². The summed E-state index contributed by atoms with van der Waals surface area (Å²) in [5.74, 6) is 0.894. The van der Waals surface area contributed by atoms with E-state index in [2.05, 4.69) is 0 Å². The Morgan fingerprint density at radius 1 is 1.44 bits per heavy atom. The first kappa shape index (κ1) is 13.4. The zero-order valence-electron chi connectivity index (χ0n) is 10.8. The van der Waals surface area contributed by atoms with Crippen LogP contribution in [0.5, 0.6) is 5.75 Å².